The van der Waals surface area contributed by atoms with E-state index in [2.05, 4.69) is 5.32 Å². The van der Waals surface area contributed by atoms with Gasteiger partial charge in [0.1, 0.15) is 0 Å². The summed E-state index contributed by atoms with van der Waals surface area (Å²) in [7, 11) is 0. The maximum absolute atomic E-state index is 13.3. The van der Waals surface area contributed by atoms with Crippen molar-refractivity contribution >= 4 is 5.97 Å². The predicted octanol–water partition coefficient (Wildman–Crippen LogP) is 1.49. The summed E-state index contributed by atoms with van der Waals surface area (Å²) in [6.07, 6.45) is 1.01. The lowest BCUT2D eigenvalue weighted by molar-refractivity contribution is -0.156. The van der Waals surface area contributed by atoms with Crippen LogP contribution < -0.4 is 5.32 Å². The quantitative estimate of drug-likeness (QED) is 0.756. The van der Waals surface area contributed by atoms with Crippen LogP contribution in [0, 0.1) is 11.3 Å². The van der Waals surface area contributed by atoms with Gasteiger partial charge in [-0.1, -0.05) is 0 Å². The molecule has 1 saturated heterocycles. The topological polar surface area (TPSA) is 49.3 Å². The van der Waals surface area contributed by atoms with Crippen LogP contribution in [0.25, 0.3) is 0 Å². The number of hydrogen-bond acceptors (Lipinski definition) is 2. The van der Waals surface area contributed by atoms with E-state index in [4.69, 9.17) is 5.11 Å². The fourth-order valence-electron chi connectivity index (χ4n) is 2.53. The van der Waals surface area contributed by atoms with E-state index in [0.717, 1.165) is 0 Å². The Morgan fingerprint density at radius 1 is 1.47 bits per heavy atom. The summed E-state index contributed by atoms with van der Waals surface area (Å²) in [5.41, 5.74) is -0.932. The molecule has 2 fully saturated rings. The fourth-order valence-corrected chi connectivity index (χ4v) is 2.53. The molecule has 1 aliphatic heterocycles. The van der Waals surface area contributed by atoms with E-state index in [1.807, 2.05) is 0 Å². The summed E-state index contributed by atoms with van der Waals surface area (Å²) >= 11 is 0. The molecule has 3 nitrogen and oxygen atoms in total. The lowest BCUT2D eigenvalue weighted by Crippen LogP contribution is -2.59. The third-order valence-corrected chi connectivity index (χ3v) is 3.68. The van der Waals surface area contributed by atoms with Crippen molar-refractivity contribution in [1.82, 2.24) is 5.32 Å². The summed E-state index contributed by atoms with van der Waals surface area (Å²) in [6.45, 7) is 0.657. The van der Waals surface area contributed by atoms with Crippen LogP contribution in [0.1, 0.15) is 25.7 Å². The zero-order valence-electron chi connectivity index (χ0n) is 8.43. The summed E-state index contributed by atoms with van der Waals surface area (Å²) in [5.74, 6) is -4.34. The number of carboxylic acids is 1. The molecule has 1 heterocycles. The molecule has 1 aliphatic carbocycles. The fraction of sp³-hybridized carbons (Fsp3) is 0.900. The van der Waals surface area contributed by atoms with Gasteiger partial charge in [0, 0.05) is 25.4 Å². The van der Waals surface area contributed by atoms with Crippen LogP contribution in [0.2, 0.25) is 0 Å². The SMILES string of the molecule is O=C(O)C1(CC2CCCC2(F)F)CNC1. The Kier molecular flexibility index (Phi) is 2.45. The normalized spacial score (nSPS) is 32.3. The first kappa shape index (κ1) is 10.8. The third kappa shape index (κ3) is 1.73. The number of alkyl halides is 2. The van der Waals surface area contributed by atoms with Gasteiger partial charge < -0.3 is 10.4 Å². The minimum atomic E-state index is -2.65. The van der Waals surface area contributed by atoms with Crippen molar-refractivity contribution in [3.63, 3.8) is 0 Å². The number of rotatable bonds is 3. The molecular weight excluding hydrogens is 204 g/mol. The highest BCUT2D eigenvalue weighted by Crippen LogP contribution is 2.47. The van der Waals surface area contributed by atoms with Crippen LogP contribution in [0.15, 0.2) is 0 Å². The molecule has 0 spiro atoms. The summed E-state index contributed by atoms with van der Waals surface area (Å²) in [4.78, 5) is 11.0. The van der Waals surface area contributed by atoms with Gasteiger partial charge in [0.15, 0.2) is 0 Å². The van der Waals surface area contributed by atoms with Gasteiger partial charge in [0.2, 0.25) is 0 Å². The first-order valence-electron chi connectivity index (χ1n) is 5.28. The van der Waals surface area contributed by atoms with Gasteiger partial charge in [-0.15, -0.1) is 0 Å². The zero-order chi connectivity index (χ0) is 11.1. The van der Waals surface area contributed by atoms with Crippen LogP contribution in [0.3, 0.4) is 0 Å². The first-order chi connectivity index (χ1) is 6.96. The van der Waals surface area contributed by atoms with Gasteiger partial charge in [-0.25, -0.2) is 8.78 Å². The lowest BCUT2D eigenvalue weighted by Gasteiger charge is -2.41. The monoisotopic (exact) mass is 219 g/mol. The van der Waals surface area contributed by atoms with E-state index in [9.17, 15) is 13.6 Å². The van der Waals surface area contributed by atoms with Gasteiger partial charge in [-0.2, -0.15) is 0 Å². The van der Waals surface area contributed by atoms with Crippen LogP contribution in [-0.4, -0.2) is 30.1 Å². The van der Waals surface area contributed by atoms with Gasteiger partial charge in [-0.05, 0) is 19.3 Å². The van der Waals surface area contributed by atoms with Crippen molar-refractivity contribution in [3.05, 3.63) is 0 Å². The molecule has 0 aromatic carbocycles. The van der Waals surface area contributed by atoms with Crippen molar-refractivity contribution in [2.45, 2.75) is 31.6 Å². The number of hydrogen-bond donors (Lipinski definition) is 2. The number of halogens is 2. The van der Waals surface area contributed by atoms with E-state index < -0.39 is 23.2 Å². The molecule has 2 aliphatic rings. The van der Waals surface area contributed by atoms with Crippen LogP contribution in [0.5, 0.6) is 0 Å². The molecule has 15 heavy (non-hydrogen) atoms. The van der Waals surface area contributed by atoms with Gasteiger partial charge in [-0.3, -0.25) is 4.79 Å². The van der Waals surface area contributed by atoms with Gasteiger partial charge in [0.25, 0.3) is 5.92 Å². The molecule has 5 heteroatoms. The zero-order valence-corrected chi connectivity index (χ0v) is 8.43. The van der Waals surface area contributed by atoms with Crippen molar-refractivity contribution in [1.29, 1.82) is 0 Å². The molecular formula is C10H15F2NO2. The second-order valence-corrected chi connectivity index (χ2v) is 4.74. The van der Waals surface area contributed by atoms with Crippen molar-refractivity contribution in [3.8, 4) is 0 Å². The molecule has 86 valence electrons. The van der Waals surface area contributed by atoms with Crippen LogP contribution >= 0.6 is 0 Å². The average molecular weight is 219 g/mol. The Hall–Kier alpha value is -0.710. The highest BCUT2D eigenvalue weighted by Gasteiger charge is 2.52. The molecule has 0 aromatic heterocycles. The van der Waals surface area contributed by atoms with Gasteiger partial charge in [0.05, 0.1) is 5.41 Å². The molecule has 0 radical (unpaired) electrons. The first-order valence-corrected chi connectivity index (χ1v) is 5.28. The smallest absolute Gasteiger partial charge is 0.312 e. The Morgan fingerprint density at radius 3 is 2.47 bits per heavy atom. The Labute approximate surface area is 86.8 Å². The van der Waals surface area contributed by atoms with Gasteiger partial charge >= 0.3 is 5.97 Å². The number of aliphatic carboxylic acids is 1. The number of nitrogens with one attached hydrogen (secondary N) is 1. The number of carboxylic acid groups (broad SMARTS) is 1. The molecule has 1 atom stereocenters. The summed E-state index contributed by atoms with van der Waals surface area (Å²) in [5, 5.41) is 11.9. The molecule has 0 aromatic rings. The molecule has 1 saturated carbocycles. The molecule has 2 rings (SSSR count). The summed E-state index contributed by atoms with van der Waals surface area (Å²) in [6, 6.07) is 0. The average Bonchev–Trinajstić information content (AvgIpc) is 2.37. The minimum absolute atomic E-state index is 0.0825. The van der Waals surface area contributed by atoms with Crippen molar-refractivity contribution in [2.75, 3.05) is 13.1 Å². The molecule has 0 bridgehead atoms. The van der Waals surface area contributed by atoms with E-state index in [1.165, 1.54) is 0 Å². The Bertz CT molecular complexity index is 277. The predicted molar refractivity (Wildman–Crippen MR) is 49.8 cm³/mol. The van der Waals surface area contributed by atoms with Crippen LogP contribution in [-0.2, 0) is 4.79 Å². The molecule has 1 unspecified atom stereocenters. The lowest BCUT2D eigenvalue weighted by atomic mass is 9.73. The highest BCUT2D eigenvalue weighted by atomic mass is 19.3. The second kappa shape index (κ2) is 3.40. The van der Waals surface area contributed by atoms with E-state index in [0.29, 0.717) is 25.9 Å². The van der Waals surface area contributed by atoms with E-state index >= 15 is 0 Å². The minimum Gasteiger partial charge on any atom is -0.481 e. The standard InChI is InChI=1S/C10H15F2NO2/c11-10(12)3-1-2-7(10)4-9(8(14)15)5-13-6-9/h7,13H,1-6H2,(H,14,15). The molecule has 0 amide bonds. The van der Waals surface area contributed by atoms with Crippen LogP contribution in [0.4, 0.5) is 8.78 Å². The van der Waals surface area contributed by atoms with E-state index in [-0.39, 0.29) is 12.8 Å². The summed E-state index contributed by atoms with van der Waals surface area (Å²) < 4.78 is 26.7. The second-order valence-electron chi connectivity index (χ2n) is 4.74. The Balaban J connectivity index is 2.04. The third-order valence-electron chi connectivity index (χ3n) is 3.68. The molecule has 2 N–H and O–H groups in total. The highest BCUT2D eigenvalue weighted by molar-refractivity contribution is 5.76. The van der Waals surface area contributed by atoms with Crippen molar-refractivity contribution < 1.29 is 18.7 Å². The maximum Gasteiger partial charge on any atom is 0.312 e. The Morgan fingerprint density at radius 2 is 2.13 bits per heavy atom. The van der Waals surface area contributed by atoms with Crippen molar-refractivity contribution in [2.24, 2.45) is 11.3 Å². The maximum atomic E-state index is 13.3. The number of carbonyl (C=O) groups is 1. The van der Waals surface area contributed by atoms with E-state index in [1.54, 1.807) is 0 Å². The largest absolute Gasteiger partial charge is 0.481 e.